The number of aromatic nitrogens is 2. The van der Waals surface area contributed by atoms with Crippen LogP contribution in [0.4, 0.5) is 4.39 Å². The van der Waals surface area contributed by atoms with E-state index in [1.165, 1.54) is 24.3 Å². The highest BCUT2D eigenvalue weighted by Gasteiger charge is 2.18. The van der Waals surface area contributed by atoms with E-state index in [4.69, 9.17) is 15.3 Å². The first-order chi connectivity index (χ1) is 10.6. The molecule has 0 saturated carbocycles. The number of benzene rings is 2. The van der Waals surface area contributed by atoms with Crippen molar-refractivity contribution >= 4 is 10.9 Å². The van der Waals surface area contributed by atoms with Gasteiger partial charge in [-0.25, -0.2) is 14.1 Å². The molecule has 7 heteroatoms. The van der Waals surface area contributed by atoms with Gasteiger partial charge in [0.1, 0.15) is 5.82 Å². The number of fused-ring (bicyclic) bond motifs is 2. The Balaban J connectivity index is 2.00. The first-order valence-electron chi connectivity index (χ1n) is 6.51. The molecular weight excluding hydrogens is 289 g/mol. The van der Waals surface area contributed by atoms with Gasteiger partial charge in [-0.15, -0.1) is 0 Å². The quantitative estimate of drug-likeness (QED) is 0.691. The van der Waals surface area contributed by atoms with Crippen molar-refractivity contribution in [2.75, 3.05) is 12.6 Å². The molecule has 0 fully saturated rings. The van der Waals surface area contributed by atoms with Crippen LogP contribution >= 0.6 is 0 Å². The number of nitrogens with two attached hydrogens (primary N) is 1. The first-order valence-corrected chi connectivity index (χ1v) is 6.51. The molecule has 2 N–H and O–H groups in total. The molecule has 2 heterocycles. The summed E-state index contributed by atoms with van der Waals surface area (Å²) < 4.78 is 24.5. The average Bonchev–Trinajstić information content (AvgIpc) is 2.97. The summed E-state index contributed by atoms with van der Waals surface area (Å²) in [5.41, 5.74) is 0.568. The van der Waals surface area contributed by atoms with Crippen LogP contribution in [0.5, 0.6) is 11.5 Å². The molecule has 2 aromatic carbocycles. The molecule has 6 nitrogen and oxygen atoms in total. The molecule has 0 radical (unpaired) electrons. The van der Waals surface area contributed by atoms with Gasteiger partial charge in [0.15, 0.2) is 17.3 Å². The molecule has 0 atom stereocenters. The summed E-state index contributed by atoms with van der Waals surface area (Å²) in [7, 11) is 0. The Morgan fingerprint density at radius 1 is 1.14 bits per heavy atom. The van der Waals surface area contributed by atoms with E-state index in [9.17, 15) is 9.18 Å². The van der Waals surface area contributed by atoms with E-state index in [-0.39, 0.29) is 18.4 Å². The minimum absolute atomic E-state index is 0.104. The van der Waals surface area contributed by atoms with E-state index in [0.29, 0.717) is 28.0 Å². The van der Waals surface area contributed by atoms with Gasteiger partial charge in [0.05, 0.1) is 10.9 Å². The SMILES string of the molecule is Nn1c(-c2ccc(F)cc2)nc2cc3c(cc2c1=O)OCO3. The van der Waals surface area contributed by atoms with Crippen LogP contribution in [0.2, 0.25) is 0 Å². The molecule has 0 bridgehead atoms. The van der Waals surface area contributed by atoms with Crippen molar-refractivity contribution in [3.05, 3.63) is 52.6 Å². The van der Waals surface area contributed by atoms with Crippen molar-refractivity contribution in [2.24, 2.45) is 0 Å². The Morgan fingerprint density at radius 2 is 1.82 bits per heavy atom. The van der Waals surface area contributed by atoms with Crippen LogP contribution in [0.15, 0.2) is 41.2 Å². The Bertz CT molecular complexity index is 951. The summed E-state index contributed by atoms with van der Waals surface area (Å²) in [6, 6.07) is 8.78. The van der Waals surface area contributed by atoms with Crippen LogP contribution in [0.1, 0.15) is 0 Å². The summed E-state index contributed by atoms with van der Waals surface area (Å²) in [6.45, 7) is 0.104. The number of nitrogens with zero attached hydrogens (tertiary/aromatic N) is 2. The van der Waals surface area contributed by atoms with E-state index < -0.39 is 5.56 Å². The fraction of sp³-hybridized carbons (Fsp3) is 0.0667. The standard InChI is InChI=1S/C15H10FN3O3/c16-9-3-1-8(2-4-9)14-18-11-6-13-12(21-7-22-13)5-10(11)15(20)19(14)17/h1-6H,7,17H2. The van der Waals surface area contributed by atoms with Crippen LogP contribution in [-0.2, 0) is 0 Å². The second-order valence-corrected chi connectivity index (χ2v) is 4.84. The third kappa shape index (κ3) is 1.79. The van der Waals surface area contributed by atoms with Crippen LogP contribution < -0.4 is 20.9 Å². The number of rotatable bonds is 1. The van der Waals surface area contributed by atoms with Crippen LogP contribution in [0, 0.1) is 5.82 Å². The van der Waals surface area contributed by atoms with E-state index in [2.05, 4.69) is 4.98 Å². The molecule has 0 aliphatic carbocycles. The summed E-state index contributed by atoms with van der Waals surface area (Å²) in [6.07, 6.45) is 0. The minimum Gasteiger partial charge on any atom is -0.454 e. The van der Waals surface area contributed by atoms with Crippen LogP contribution in [0.25, 0.3) is 22.3 Å². The summed E-state index contributed by atoms with van der Waals surface area (Å²) in [4.78, 5) is 16.8. The number of nitrogen functional groups attached to an aromatic ring is 1. The summed E-state index contributed by atoms with van der Waals surface area (Å²) in [5, 5.41) is 0.331. The van der Waals surface area contributed by atoms with E-state index in [0.717, 1.165) is 4.68 Å². The summed E-state index contributed by atoms with van der Waals surface area (Å²) in [5.74, 6) is 6.72. The predicted octanol–water partition coefficient (Wildman–Crippen LogP) is 1.65. The fourth-order valence-corrected chi connectivity index (χ4v) is 2.39. The monoisotopic (exact) mass is 299 g/mol. The zero-order valence-electron chi connectivity index (χ0n) is 11.2. The second kappa shape index (κ2) is 4.45. The lowest BCUT2D eigenvalue weighted by molar-refractivity contribution is 0.174. The third-order valence-corrected chi connectivity index (χ3v) is 3.50. The van der Waals surface area contributed by atoms with Gasteiger partial charge in [0, 0.05) is 11.6 Å². The molecule has 22 heavy (non-hydrogen) atoms. The summed E-state index contributed by atoms with van der Waals surface area (Å²) >= 11 is 0. The molecule has 1 aliphatic rings. The number of halogens is 1. The first kappa shape index (κ1) is 12.6. The van der Waals surface area contributed by atoms with Crippen molar-refractivity contribution in [2.45, 2.75) is 0 Å². The predicted molar refractivity (Wildman–Crippen MR) is 77.7 cm³/mol. The van der Waals surface area contributed by atoms with Crippen molar-refractivity contribution in [1.82, 2.24) is 9.66 Å². The molecule has 0 amide bonds. The van der Waals surface area contributed by atoms with Crippen molar-refractivity contribution in [3.8, 4) is 22.9 Å². The Morgan fingerprint density at radius 3 is 2.55 bits per heavy atom. The van der Waals surface area contributed by atoms with Gasteiger partial charge < -0.3 is 15.3 Å². The lowest BCUT2D eigenvalue weighted by atomic mass is 10.1. The highest BCUT2D eigenvalue weighted by atomic mass is 19.1. The highest BCUT2D eigenvalue weighted by Crippen LogP contribution is 2.34. The Labute approximate surface area is 123 Å². The van der Waals surface area contributed by atoms with Crippen molar-refractivity contribution in [3.63, 3.8) is 0 Å². The van der Waals surface area contributed by atoms with Gasteiger partial charge in [0.2, 0.25) is 6.79 Å². The zero-order valence-corrected chi connectivity index (χ0v) is 11.2. The van der Waals surface area contributed by atoms with Crippen LogP contribution in [-0.4, -0.2) is 16.5 Å². The molecule has 1 aromatic heterocycles. The largest absolute Gasteiger partial charge is 0.454 e. The maximum atomic E-state index is 13.0. The van der Waals surface area contributed by atoms with Gasteiger partial charge in [-0.2, -0.15) is 0 Å². The Hall–Kier alpha value is -3.09. The second-order valence-electron chi connectivity index (χ2n) is 4.84. The molecule has 0 unspecified atom stereocenters. The zero-order chi connectivity index (χ0) is 15.3. The van der Waals surface area contributed by atoms with Gasteiger partial charge >= 0.3 is 0 Å². The normalized spacial score (nSPS) is 12.8. The fourth-order valence-electron chi connectivity index (χ4n) is 2.39. The van der Waals surface area contributed by atoms with E-state index >= 15 is 0 Å². The average molecular weight is 299 g/mol. The number of ether oxygens (including phenoxy) is 2. The molecule has 4 rings (SSSR count). The molecular formula is C15H10FN3O3. The topological polar surface area (TPSA) is 79.4 Å². The molecule has 0 spiro atoms. The minimum atomic E-state index is -0.414. The maximum Gasteiger partial charge on any atom is 0.280 e. The highest BCUT2D eigenvalue weighted by molar-refractivity contribution is 5.83. The lowest BCUT2D eigenvalue weighted by Crippen LogP contribution is -2.29. The number of hydrogen-bond acceptors (Lipinski definition) is 5. The van der Waals surface area contributed by atoms with E-state index in [1.54, 1.807) is 12.1 Å². The van der Waals surface area contributed by atoms with Gasteiger partial charge in [-0.3, -0.25) is 4.79 Å². The molecule has 0 saturated heterocycles. The molecule has 110 valence electrons. The van der Waals surface area contributed by atoms with Crippen molar-refractivity contribution in [1.29, 1.82) is 0 Å². The number of hydrogen-bond donors (Lipinski definition) is 1. The van der Waals surface area contributed by atoms with Gasteiger partial charge in [-0.05, 0) is 30.3 Å². The molecule has 3 aromatic rings. The van der Waals surface area contributed by atoms with Crippen molar-refractivity contribution < 1.29 is 13.9 Å². The smallest absolute Gasteiger partial charge is 0.280 e. The lowest BCUT2D eigenvalue weighted by Gasteiger charge is -2.09. The molecule has 1 aliphatic heterocycles. The third-order valence-electron chi connectivity index (χ3n) is 3.50. The van der Waals surface area contributed by atoms with Gasteiger partial charge in [-0.1, -0.05) is 0 Å². The maximum absolute atomic E-state index is 13.0. The van der Waals surface area contributed by atoms with E-state index in [1.807, 2.05) is 0 Å². The van der Waals surface area contributed by atoms with Gasteiger partial charge in [0.25, 0.3) is 5.56 Å². The Kier molecular flexibility index (Phi) is 2.56. The van der Waals surface area contributed by atoms with Crippen LogP contribution in [0.3, 0.4) is 0 Å².